The van der Waals surface area contributed by atoms with E-state index >= 15 is 0 Å². The van der Waals surface area contributed by atoms with Gasteiger partial charge < -0.3 is 5.32 Å². The van der Waals surface area contributed by atoms with Crippen LogP contribution in [0.25, 0.3) is 11.4 Å². The lowest BCUT2D eigenvalue weighted by molar-refractivity contribution is -0.685. The smallest absolute Gasteiger partial charge is 0.283 e. The Bertz CT molecular complexity index is 906. The van der Waals surface area contributed by atoms with Crippen molar-refractivity contribution in [2.75, 3.05) is 10.2 Å². The third-order valence-corrected chi connectivity index (χ3v) is 4.58. The first-order chi connectivity index (χ1) is 11.7. The number of aryl methyl sites for hydroxylation is 1. The number of para-hydroxylation sites is 2. The molecule has 1 atom stereocenters. The van der Waals surface area contributed by atoms with Gasteiger partial charge in [0.15, 0.2) is 18.1 Å². The number of hydrogen-bond acceptors (Lipinski definition) is 3. The zero-order valence-electron chi connectivity index (χ0n) is 14.1. The van der Waals surface area contributed by atoms with Crippen molar-refractivity contribution >= 4 is 17.2 Å². The highest BCUT2D eigenvalue weighted by Gasteiger charge is 2.35. The summed E-state index contributed by atoms with van der Waals surface area (Å²) in [5.74, 6) is 1.14. The molecule has 3 heterocycles. The molecule has 0 amide bonds. The average molecular weight is 319 g/mol. The summed E-state index contributed by atoms with van der Waals surface area (Å²) < 4.78 is 4.31. The molecule has 1 aliphatic heterocycles. The van der Waals surface area contributed by atoms with Crippen LogP contribution in [-0.2, 0) is 14.1 Å². The minimum Gasteiger partial charge on any atom is -0.344 e. The van der Waals surface area contributed by atoms with Crippen molar-refractivity contribution in [3.05, 3.63) is 61.1 Å². The first-order valence-electron chi connectivity index (χ1n) is 8.10. The van der Waals surface area contributed by atoms with Crippen molar-refractivity contribution in [3.63, 3.8) is 0 Å². The zero-order chi connectivity index (χ0) is 16.7. The zero-order valence-corrected chi connectivity index (χ0v) is 14.1. The molecule has 0 saturated carbocycles. The molecule has 4 rings (SSSR count). The second kappa shape index (κ2) is 5.60. The van der Waals surface area contributed by atoms with Crippen molar-refractivity contribution in [1.82, 2.24) is 4.98 Å². The Morgan fingerprint density at radius 2 is 1.88 bits per heavy atom. The van der Waals surface area contributed by atoms with Gasteiger partial charge in [0.2, 0.25) is 5.69 Å². The maximum absolute atomic E-state index is 4.28. The molecule has 0 aliphatic carbocycles. The minimum atomic E-state index is 0.200. The number of fused-ring (bicyclic) bond motifs is 1. The molecule has 5 nitrogen and oxygen atoms in total. The Balaban J connectivity index is 1.87. The van der Waals surface area contributed by atoms with Gasteiger partial charge in [0.05, 0.1) is 18.9 Å². The third kappa shape index (κ3) is 2.21. The lowest BCUT2D eigenvalue weighted by Gasteiger charge is -2.18. The van der Waals surface area contributed by atoms with Gasteiger partial charge in [0, 0.05) is 6.07 Å². The Morgan fingerprint density at radius 1 is 1.04 bits per heavy atom. The number of anilines is 3. The highest BCUT2D eigenvalue weighted by atomic mass is 15.4. The summed E-state index contributed by atoms with van der Waals surface area (Å²) in [6.07, 6.45) is 5.87. The number of nitrogens with one attached hydrogen (secondary N) is 1. The van der Waals surface area contributed by atoms with Gasteiger partial charge in [0.25, 0.3) is 11.5 Å². The molecule has 0 unspecified atom stereocenters. The van der Waals surface area contributed by atoms with Gasteiger partial charge in [0.1, 0.15) is 13.2 Å². The Labute approximate surface area is 141 Å². The van der Waals surface area contributed by atoms with Crippen molar-refractivity contribution < 1.29 is 9.13 Å². The second-order valence-corrected chi connectivity index (χ2v) is 6.11. The summed E-state index contributed by atoms with van der Waals surface area (Å²) in [5, 5.41) is 3.54. The number of rotatable bonds is 2. The van der Waals surface area contributed by atoms with Crippen LogP contribution in [0.1, 0.15) is 6.92 Å². The van der Waals surface area contributed by atoms with Crippen molar-refractivity contribution in [3.8, 4) is 11.4 Å². The maximum atomic E-state index is 4.28. The number of nitrogens with zero attached hydrogens (tertiary/aromatic N) is 4. The van der Waals surface area contributed by atoms with Gasteiger partial charge in [-0.2, -0.15) is 4.57 Å². The van der Waals surface area contributed by atoms with Crippen LogP contribution in [0.2, 0.25) is 0 Å². The van der Waals surface area contributed by atoms with Gasteiger partial charge in [-0.25, -0.2) is 9.47 Å². The maximum Gasteiger partial charge on any atom is 0.283 e. The molecule has 2 aromatic heterocycles. The Hall–Kier alpha value is -2.95. The normalized spacial score (nSPS) is 16.0. The largest absolute Gasteiger partial charge is 0.344 e. The minimum absolute atomic E-state index is 0.200. The third-order valence-electron chi connectivity index (χ3n) is 4.58. The number of pyridine rings is 1. The van der Waals surface area contributed by atoms with Gasteiger partial charge in [-0.05, 0) is 31.2 Å². The fraction of sp³-hybridized carbons (Fsp3) is 0.211. The van der Waals surface area contributed by atoms with E-state index in [0.717, 1.165) is 17.2 Å². The fourth-order valence-corrected chi connectivity index (χ4v) is 3.37. The van der Waals surface area contributed by atoms with Crippen molar-refractivity contribution in [2.45, 2.75) is 13.1 Å². The van der Waals surface area contributed by atoms with Gasteiger partial charge in [-0.3, -0.25) is 4.98 Å². The van der Waals surface area contributed by atoms with Gasteiger partial charge in [-0.15, -0.1) is 0 Å². The molecule has 0 fully saturated rings. The summed E-state index contributed by atoms with van der Waals surface area (Å²) in [5.41, 5.74) is 4.57. The van der Waals surface area contributed by atoms with Crippen LogP contribution in [0.3, 0.4) is 0 Å². The number of aromatic nitrogens is 3. The molecule has 0 spiro atoms. The summed E-state index contributed by atoms with van der Waals surface area (Å²) in [7, 11) is 4.14. The molecule has 24 heavy (non-hydrogen) atoms. The summed E-state index contributed by atoms with van der Waals surface area (Å²) >= 11 is 0. The van der Waals surface area contributed by atoms with Crippen LogP contribution in [-0.4, -0.2) is 11.1 Å². The molecule has 3 aromatic rings. The molecule has 0 saturated heterocycles. The summed E-state index contributed by atoms with van der Waals surface area (Å²) in [6, 6.07) is 14.8. The topological polar surface area (TPSA) is 35.9 Å². The van der Waals surface area contributed by atoms with E-state index in [1.54, 1.807) is 6.20 Å². The highest BCUT2D eigenvalue weighted by Crippen LogP contribution is 2.38. The van der Waals surface area contributed by atoms with E-state index in [1.165, 1.54) is 11.4 Å². The van der Waals surface area contributed by atoms with Crippen molar-refractivity contribution in [1.29, 1.82) is 0 Å². The van der Waals surface area contributed by atoms with E-state index in [-0.39, 0.29) is 6.17 Å². The van der Waals surface area contributed by atoms with Crippen LogP contribution in [0.15, 0.2) is 61.1 Å². The first-order valence-corrected chi connectivity index (χ1v) is 8.10. The van der Waals surface area contributed by atoms with E-state index in [9.17, 15) is 0 Å². The monoisotopic (exact) mass is 319 g/mol. The Morgan fingerprint density at radius 3 is 2.71 bits per heavy atom. The first kappa shape index (κ1) is 14.6. The van der Waals surface area contributed by atoms with Crippen LogP contribution in [0.5, 0.6) is 0 Å². The molecular formula is C19H21N5+2. The van der Waals surface area contributed by atoms with E-state index < -0.39 is 0 Å². The number of benzene rings is 1. The SMILES string of the molecule is C[C@@H]1Nc2ccccc2N1c1cccc(-c2cncc[n+]2C)[n+]1C. The summed E-state index contributed by atoms with van der Waals surface area (Å²) in [4.78, 5) is 6.61. The quantitative estimate of drug-likeness (QED) is 0.736. The van der Waals surface area contributed by atoms with E-state index in [0.29, 0.717) is 0 Å². The molecule has 120 valence electrons. The molecular weight excluding hydrogens is 298 g/mol. The van der Waals surface area contributed by atoms with Crippen LogP contribution in [0.4, 0.5) is 17.2 Å². The average Bonchev–Trinajstić information content (AvgIpc) is 2.92. The predicted molar refractivity (Wildman–Crippen MR) is 93.7 cm³/mol. The van der Waals surface area contributed by atoms with Crippen LogP contribution in [0, 0.1) is 0 Å². The van der Waals surface area contributed by atoms with E-state index in [1.807, 2.05) is 19.4 Å². The fourth-order valence-electron chi connectivity index (χ4n) is 3.37. The van der Waals surface area contributed by atoms with Gasteiger partial charge >= 0.3 is 0 Å². The second-order valence-electron chi connectivity index (χ2n) is 6.11. The molecule has 0 bridgehead atoms. The van der Waals surface area contributed by atoms with E-state index in [4.69, 9.17) is 0 Å². The molecule has 5 heteroatoms. The molecule has 1 aliphatic rings. The van der Waals surface area contributed by atoms with E-state index in [2.05, 4.69) is 80.8 Å². The molecule has 1 N–H and O–H groups in total. The number of hydrogen-bond donors (Lipinski definition) is 1. The lowest BCUT2D eigenvalue weighted by Crippen LogP contribution is -2.44. The van der Waals surface area contributed by atoms with Crippen molar-refractivity contribution in [2.24, 2.45) is 14.1 Å². The van der Waals surface area contributed by atoms with Crippen LogP contribution < -0.4 is 19.4 Å². The predicted octanol–water partition coefficient (Wildman–Crippen LogP) is 2.31. The standard InChI is InChI=1S/C19H20N5/c1-14-21-15-7-4-5-8-16(15)24(14)19-10-6-9-17(23(19)3)18-13-20-11-12-22(18)2/h4-14H,1-3H3/q+1/p+1/t14-/m1/s1. The molecule has 1 aromatic carbocycles. The van der Waals surface area contributed by atoms with Gasteiger partial charge in [-0.1, -0.05) is 12.1 Å². The summed E-state index contributed by atoms with van der Waals surface area (Å²) in [6.45, 7) is 2.18. The van der Waals surface area contributed by atoms with Crippen LogP contribution >= 0.6 is 0 Å². The highest BCUT2D eigenvalue weighted by molar-refractivity contribution is 5.80. The molecule has 0 radical (unpaired) electrons. The lowest BCUT2D eigenvalue weighted by atomic mass is 10.2. The Kier molecular flexibility index (Phi) is 3.41.